The van der Waals surface area contributed by atoms with Gasteiger partial charge in [0.2, 0.25) is 0 Å². The van der Waals surface area contributed by atoms with Crippen molar-refractivity contribution in [2.75, 3.05) is 35.7 Å². The van der Waals surface area contributed by atoms with Gasteiger partial charge in [-0.2, -0.15) is 0 Å². The number of phenolic OH excluding ortho intramolecular Hbond substituents is 1. The first-order chi connectivity index (χ1) is 19.2. The molecule has 0 heterocycles. The van der Waals surface area contributed by atoms with E-state index in [2.05, 4.69) is 58.4 Å². The van der Waals surface area contributed by atoms with Crippen molar-refractivity contribution < 1.29 is 59.9 Å². The van der Waals surface area contributed by atoms with Crippen molar-refractivity contribution in [3.8, 4) is 11.5 Å². The molecule has 12 heteroatoms. The fraction of sp³-hybridized carbons (Fsp3) is 0.533. The molecular weight excluding hydrogens is 747 g/mol. The molecule has 0 bridgehead atoms. The SMILES string of the molecule is BrCCBr.CC(C)(C)OC(=O)NCCc1ccc(O)cc1.CC(C)(C)OC(=O)NCCc1ccc(OCCBr)cc1.[H-].[Na+]. The number of carbonyl (C=O) groups is 2. The molecule has 0 saturated carbocycles. The number of aromatic hydroxyl groups is 1. The van der Waals surface area contributed by atoms with E-state index in [0.717, 1.165) is 39.3 Å². The largest absolute Gasteiger partial charge is 1.00 e. The van der Waals surface area contributed by atoms with E-state index >= 15 is 0 Å². The minimum atomic E-state index is -0.470. The summed E-state index contributed by atoms with van der Waals surface area (Å²) in [4.78, 5) is 22.8. The number of nitrogens with one attached hydrogen (secondary N) is 2. The fourth-order valence-electron chi connectivity index (χ4n) is 2.82. The van der Waals surface area contributed by atoms with E-state index in [1.807, 2.05) is 77.9 Å². The third kappa shape index (κ3) is 26.6. The molecule has 0 aliphatic carbocycles. The Kier molecular flexibility index (Phi) is 25.0. The number of ether oxygens (including phenoxy) is 3. The second-order valence-corrected chi connectivity index (χ2v) is 13.0. The number of halogens is 3. The van der Waals surface area contributed by atoms with Crippen molar-refractivity contribution in [2.45, 2.75) is 65.6 Å². The monoisotopic (exact) mass is 790 g/mol. The summed E-state index contributed by atoms with van der Waals surface area (Å²) < 4.78 is 15.7. The van der Waals surface area contributed by atoms with Gasteiger partial charge in [-0.25, -0.2) is 9.59 Å². The predicted molar refractivity (Wildman–Crippen MR) is 178 cm³/mol. The molecule has 2 aromatic rings. The van der Waals surface area contributed by atoms with Crippen LogP contribution >= 0.6 is 47.8 Å². The van der Waals surface area contributed by atoms with Gasteiger partial charge in [0.1, 0.15) is 22.7 Å². The van der Waals surface area contributed by atoms with E-state index in [-0.39, 0.29) is 42.8 Å². The van der Waals surface area contributed by atoms with Crippen LogP contribution in [0.15, 0.2) is 48.5 Å². The smallest absolute Gasteiger partial charge is 1.00 e. The van der Waals surface area contributed by atoms with Crippen LogP contribution in [0, 0.1) is 0 Å². The van der Waals surface area contributed by atoms with Crippen LogP contribution in [0.2, 0.25) is 0 Å². The summed E-state index contributed by atoms with van der Waals surface area (Å²) in [6, 6.07) is 14.8. The maximum Gasteiger partial charge on any atom is 1.00 e. The van der Waals surface area contributed by atoms with E-state index in [0.29, 0.717) is 26.1 Å². The van der Waals surface area contributed by atoms with Crippen molar-refractivity contribution in [3.05, 3.63) is 59.7 Å². The molecule has 0 fully saturated rings. The minimum Gasteiger partial charge on any atom is -1.00 e. The molecule has 2 aromatic carbocycles. The molecule has 0 unspecified atom stereocenters. The zero-order valence-corrected chi connectivity index (χ0v) is 32.7. The number of hydrogen-bond acceptors (Lipinski definition) is 6. The summed E-state index contributed by atoms with van der Waals surface area (Å²) in [5.74, 6) is 1.10. The number of alkyl carbamates (subject to hydrolysis) is 2. The summed E-state index contributed by atoms with van der Waals surface area (Å²) in [6.45, 7) is 12.7. The van der Waals surface area contributed by atoms with Crippen LogP contribution in [-0.4, -0.2) is 64.2 Å². The summed E-state index contributed by atoms with van der Waals surface area (Å²) in [5.41, 5.74) is 1.27. The summed E-state index contributed by atoms with van der Waals surface area (Å²) in [5, 5.41) is 17.4. The van der Waals surface area contributed by atoms with Gasteiger partial charge in [0.15, 0.2) is 0 Å². The Morgan fingerprint density at radius 3 is 1.43 bits per heavy atom. The van der Waals surface area contributed by atoms with Gasteiger partial charge < -0.3 is 31.4 Å². The molecule has 42 heavy (non-hydrogen) atoms. The zero-order chi connectivity index (χ0) is 31.3. The number of phenols is 1. The standard InChI is InChI=1S/C15H22BrNO3.C13H19NO3.C2H4Br2.Na.H/c1-15(2,3)20-14(18)17-10-8-12-4-6-13(7-5-12)19-11-9-16;1-13(2,3)17-12(16)14-9-8-10-4-6-11(15)7-5-10;3-1-2-4;;/h4-7H,8-11H2,1-3H3,(H,17,18);4-7,15H,8-9H2,1-3H3,(H,14,16);1-2H2;;/q;;;+1;-1. The number of hydrogen-bond donors (Lipinski definition) is 3. The molecule has 8 nitrogen and oxygen atoms in total. The average Bonchev–Trinajstić information content (AvgIpc) is 2.88. The quantitative estimate of drug-likeness (QED) is 0.234. The Morgan fingerprint density at radius 1 is 0.714 bits per heavy atom. The van der Waals surface area contributed by atoms with Crippen LogP contribution < -0.4 is 44.9 Å². The summed E-state index contributed by atoms with van der Waals surface area (Å²) in [6.07, 6.45) is 0.684. The average molecular weight is 793 g/mol. The Morgan fingerprint density at radius 2 is 1.10 bits per heavy atom. The normalized spacial score (nSPS) is 10.4. The molecule has 2 rings (SSSR count). The van der Waals surface area contributed by atoms with Crippen molar-refractivity contribution in [1.29, 1.82) is 0 Å². The minimum absolute atomic E-state index is 0. The molecular formula is C30H46Br3N2NaO6. The third-order valence-electron chi connectivity index (χ3n) is 4.44. The maximum absolute atomic E-state index is 11.5. The van der Waals surface area contributed by atoms with Crippen LogP contribution in [0.4, 0.5) is 9.59 Å². The van der Waals surface area contributed by atoms with Gasteiger partial charge in [-0.05, 0) is 89.8 Å². The predicted octanol–water partition coefficient (Wildman–Crippen LogP) is 4.88. The summed E-state index contributed by atoms with van der Waals surface area (Å²) >= 11 is 9.72. The molecule has 2 amide bonds. The number of benzene rings is 2. The van der Waals surface area contributed by atoms with Crippen molar-refractivity contribution in [3.63, 3.8) is 0 Å². The van der Waals surface area contributed by atoms with E-state index in [9.17, 15) is 9.59 Å². The Bertz CT molecular complexity index is 987. The van der Waals surface area contributed by atoms with Crippen LogP contribution in [0.25, 0.3) is 0 Å². The molecule has 0 atom stereocenters. The van der Waals surface area contributed by atoms with Gasteiger partial charge in [0, 0.05) is 29.1 Å². The number of amides is 2. The van der Waals surface area contributed by atoms with Crippen molar-refractivity contribution in [2.24, 2.45) is 0 Å². The summed E-state index contributed by atoms with van der Waals surface area (Å²) in [7, 11) is 0. The Labute approximate surface area is 300 Å². The number of alkyl halides is 3. The molecule has 0 radical (unpaired) electrons. The molecule has 0 aromatic heterocycles. The van der Waals surface area contributed by atoms with Crippen LogP contribution in [0.1, 0.15) is 54.1 Å². The van der Waals surface area contributed by atoms with E-state index in [1.165, 1.54) is 0 Å². The van der Waals surface area contributed by atoms with E-state index < -0.39 is 17.3 Å². The molecule has 0 saturated heterocycles. The maximum atomic E-state index is 11.5. The zero-order valence-electron chi connectivity index (χ0n) is 26.9. The Hall–Kier alpha value is -0.980. The van der Waals surface area contributed by atoms with Gasteiger partial charge in [0.25, 0.3) is 0 Å². The molecule has 0 spiro atoms. The topological polar surface area (TPSA) is 106 Å². The first-order valence-electron chi connectivity index (χ1n) is 13.3. The number of carbonyl (C=O) groups excluding carboxylic acids is 2. The van der Waals surface area contributed by atoms with E-state index in [1.54, 1.807) is 12.1 Å². The Balaban J connectivity index is -0.000000640. The molecule has 0 aliphatic heterocycles. The van der Waals surface area contributed by atoms with Gasteiger partial charge in [-0.1, -0.05) is 72.1 Å². The van der Waals surface area contributed by atoms with Gasteiger partial charge in [-0.15, -0.1) is 0 Å². The second kappa shape index (κ2) is 24.4. The van der Waals surface area contributed by atoms with E-state index in [4.69, 9.17) is 19.3 Å². The molecule has 3 N–H and O–H groups in total. The van der Waals surface area contributed by atoms with Crippen molar-refractivity contribution in [1.82, 2.24) is 10.6 Å². The van der Waals surface area contributed by atoms with Gasteiger partial charge >= 0.3 is 41.7 Å². The first-order valence-corrected chi connectivity index (χ1v) is 16.7. The molecule has 234 valence electrons. The fourth-order valence-corrected chi connectivity index (χ4v) is 2.98. The second-order valence-electron chi connectivity index (χ2n) is 10.6. The molecule has 0 aliphatic rings. The van der Waals surface area contributed by atoms with Gasteiger partial charge in [-0.3, -0.25) is 0 Å². The third-order valence-corrected chi connectivity index (χ3v) is 6.62. The first kappa shape index (κ1) is 43.1. The van der Waals surface area contributed by atoms with Crippen LogP contribution in [0.3, 0.4) is 0 Å². The van der Waals surface area contributed by atoms with Crippen molar-refractivity contribution >= 4 is 60.0 Å². The number of rotatable bonds is 10. The van der Waals surface area contributed by atoms with Crippen LogP contribution in [-0.2, 0) is 22.3 Å². The van der Waals surface area contributed by atoms with Crippen LogP contribution in [0.5, 0.6) is 11.5 Å². The van der Waals surface area contributed by atoms with Gasteiger partial charge in [0.05, 0.1) is 6.61 Å².